The van der Waals surface area contributed by atoms with Crippen molar-refractivity contribution in [1.82, 2.24) is 0 Å². The molecule has 1 fully saturated rings. The van der Waals surface area contributed by atoms with Gasteiger partial charge in [-0.15, -0.1) is 0 Å². The third-order valence-electron chi connectivity index (χ3n) is 2.32. The number of sulfone groups is 1. The Balaban J connectivity index is 2.64. The standard InChI is InChI=1S/C7H12F2O3S/c8-7(9)1-5-3-13(11,12)4-6(5)2-10/h5-7,10H,1-4H2. The zero-order valence-corrected chi connectivity index (χ0v) is 7.80. The third kappa shape index (κ3) is 2.87. The van der Waals surface area contributed by atoms with Crippen LogP contribution >= 0.6 is 0 Å². The van der Waals surface area contributed by atoms with Crippen molar-refractivity contribution in [2.75, 3.05) is 18.1 Å². The average molecular weight is 214 g/mol. The maximum atomic E-state index is 12.0. The number of halogens is 2. The van der Waals surface area contributed by atoms with Gasteiger partial charge >= 0.3 is 0 Å². The molecule has 6 heteroatoms. The van der Waals surface area contributed by atoms with Crippen LogP contribution in [0.3, 0.4) is 0 Å². The minimum atomic E-state index is -3.20. The Labute approximate surface area is 75.7 Å². The minimum absolute atomic E-state index is 0.152. The highest BCUT2D eigenvalue weighted by molar-refractivity contribution is 7.91. The van der Waals surface area contributed by atoms with Crippen molar-refractivity contribution >= 4 is 9.84 Å². The monoisotopic (exact) mass is 214 g/mol. The summed E-state index contributed by atoms with van der Waals surface area (Å²) in [7, 11) is -3.20. The molecule has 1 rings (SSSR count). The first-order chi connectivity index (χ1) is 5.94. The highest BCUT2D eigenvalue weighted by Crippen LogP contribution is 2.29. The predicted octanol–water partition coefficient (Wildman–Crippen LogP) is 0.295. The quantitative estimate of drug-likeness (QED) is 0.735. The lowest BCUT2D eigenvalue weighted by Crippen LogP contribution is -2.18. The van der Waals surface area contributed by atoms with Crippen LogP contribution in [0.4, 0.5) is 8.78 Å². The highest BCUT2D eigenvalue weighted by atomic mass is 32.2. The molecule has 0 saturated carbocycles. The Bertz CT molecular complexity index is 263. The van der Waals surface area contributed by atoms with Gasteiger partial charge in [-0.1, -0.05) is 0 Å². The second-order valence-electron chi connectivity index (χ2n) is 3.41. The SMILES string of the molecule is O=S1(=O)CC(CO)C(CC(F)F)C1. The van der Waals surface area contributed by atoms with Crippen molar-refractivity contribution < 1.29 is 22.3 Å². The molecule has 0 aromatic carbocycles. The summed E-state index contributed by atoms with van der Waals surface area (Å²) in [6.07, 6.45) is -2.92. The molecule has 0 radical (unpaired) electrons. The lowest BCUT2D eigenvalue weighted by molar-refractivity contribution is 0.0965. The first kappa shape index (κ1) is 10.8. The van der Waals surface area contributed by atoms with Gasteiger partial charge in [-0.2, -0.15) is 0 Å². The smallest absolute Gasteiger partial charge is 0.238 e. The molecule has 1 aliphatic rings. The maximum absolute atomic E-state index is 12.0. The van der Waals surface area contributed by atoms with Gasteiger partial charge in [0.25, 0.3) is 0 Å². The lowest BCUT2D eigenvalue weighted by atomic mass is 9.94. The third-order valence-corrected chi connectivity index (χ3v) is 4.19. The first-order valence-electron chi connectivity index (χ1n) is 4.04. The molecule has 1 aliphatic heterocycles. The molecule has 0 amide bonds. The van der Waals surface area contributed by atoms with Crippen molar-refractivity contribution in [3.63, 3.8) is 0 Å². The molecule has 0 aromatic rings. The van der Waals surface area contributed by atoms with Gasteiger partial charge in [0, 0.05) is 13.0 Å². The fourth-order valence-corrected chi connectivity index (χ4v) is 3.91. The molecule has 78 valence electrons. The maximum Gasteiger partial charge on any atom is 0.238 e. The molecule has 1 N–H and O–H groups in total. The summed E-state index contributed by atoms with van der Waals surface area (Å²) < 4.78 is 46.0. The molecular weight excluding hydrogens is 202 g/mol. The largest absolute Gasteiger partial charge is 0.396 e. The Morgan fingerprint density at radius 1 is 1.31 bits per heavy atom. The lowest BCUT2D eigenvalue weighted by Gasteiger charge is -2.13. The van der Waals surface area contributed by atoms with E-state index in [1.54, 1.807) is 0 Å². The van der Waals surface area contributed by atoms with E-state index < -0.39 is 34.5 Å². The Kier molecular flexibility index (Phi) is 3.23. The second-order valence-corrected chi connectivity index (χ2v) is 5.56. The Hall–Kier alpha value is -0.230. The van der Waals surface area contributed by atoms with Crippen LogP contribution in [0.1, 0.15) is 6.42 Å². The molecule has 0 bridgehead atoms. The van der Waals surface area contributed by atoms with Crippen molar-refractivity contribution in [1.29, 1.82) is 0 Å². The van der Waals surface area contributed by atoms with Gasteiger partial charge in [-0.05, 0) is 11.8 Å². The van der Waals surface area contributed by atoms with Crippen molar-refractivity contribution in [2.24, 2.45) is 11.8 Å². The van der Waals surface area contributed by atoms with Gasteiger partial charge in [0.15, 0.2) is 9.84 Å². The van der Waals surface area contributed by atoms with Gasteiger partial charge in [-0.25, -0.2) is 17.2 Å². The van der Waals surface area contributed by atoms with Crippen LogP contribution in [0.5, 0.6) is 0 Å². The van der Waals surface area contributed by atoms with Gasteiger partial charge in [0.1, 0.15) is 0 Å². The van der Waals surface area contributed by atoms with Crippen LogP contribution in [-0.2, 0) is 9.84 Å². The highest BCUT2D eigenvalue weighted by Gasteiger charge is 2.38. The van der Waals surface area contributed by atoms with Gasteiger partial charge in [-0.3, -0.25) is 0 Å². The summed E-state index contributed by atoms with van der Waals surface area (Å²) in [5.41, 5.74) is 0. The second kappa shape index (κ2) is 3.88. The number of aliphatic hydroxyl groups is 1. The zero-order valence-electron chi connectivity index (χ0n) is 6.99. The van der Waals surface area contributed by atoms with E-state index >= 15 is 0 Å². The first-order valence-corrected chi connectivity index (χ1v) is 5.86. The van der Waals surface area contributed by atoms with E-state index in [1.165, 1.54) is 0 Å². The molecule has 0 aliphatic carbocycles. The zero-order chi connectivity index (χ0) is 10.1. The summed E-state index contributed by atoms with van der Waals surface area (Å²) >= 11 is 0. The van der Waals surface area contributed by atoms with Crippen LogP contribution in [0, 0.1) is 11.8 Å². The van der Waals surface area contributed by atoms with E-state index in [1.807, 2.05) is 0 Å². The van der Waals surface area contributed by atoms with Crippen LogP contribution < -0.4 is 0 Å². The molecule has 2 atom stereocenters. The summed E-state index contributed by atoms with van der Waals surface area (Å²) in [5.74, 6) is -1.43. The molecule has 0 aromatic heterocycles. The molecule has 13 heavy (non-hydrogen) atoms. The summed E-state index contributed by atoms with van der Waals surface area (Å²) in [6.45, 7) is -0.323. The molecule has 3 nitrogen and oxygen atoms in total. The normalized spacial score (nSPS) is 32.6. The summed E-state index contributed by atoms with van der Waals surface area (Å²) in [4.78, 5) is 0. The number of aliphatic hydroxyl groups excluding tert-OH is 1. The van der Waals surface area contributed by atoms with Gasteiger partial charge < -0.3 is 5.11 Å². The van der Waals surface area contributed by atoms with Gasteiger partial charge in [0.05, 0.1) is 11.5 Å². The van der Waals surface area contributed by atoms with Crippen LogP contribution in [0.25, 0.3) is 0 Å². The predicted molar refractivity (Wildman–Crippen MR) is 43.3 cm³/mol. The molecular formula is C7H12F2O3S. The average Bonchev–Trinajstić information content (AvgIpc) is 2.24. The summed E-state index contributed by atoms with van der Waals surface area (Å²) in [6, 6.07) is 0. The van der Waals surface area contributed by atoms with Crippen LogP contribution in [-0.4, -0.2) is 38.1 Å². The minimum Gasteiger partial charge on any atom is -0.396 e. The Morgan fingerprint density at radius 2 is 1.85 bits per heavy atom. The van der Waals surface area contributed by atoms with E-state index in [0.717, 1.165) is 0 Å². The number of alkyl halides is 2. The van der Waals surface area contributed by atoms with Crippen LogP contribution in [0.2, 0.25) is 0 Å². The van der Waals surface area contributed by atoms with E-state index in [-0.39, 0.29) is 18.1 Å². The van der Waals surface area contributed by atoms with E-state index in [0.29, 0.717) is 0 Å². The van der Waals surface area contributed by atoms with Crippen LogP contribution in [0.15, 0.2) is 0 Å². The number of hydrogen-bond acceptors (Lipinski definition) is 3. The van der Waals surface area contributed by atoms with Crippen molar-refractivity contribution in [3.8, 4) is 0 Å². The van der Waals surface area contributed by atoms with Crippen molar-refractivity contribution in [3.05, 3.63) is 0 Å². The fourth-order valence-electron chi connectivity index (χ4n) is 1.68. The molecule has 1 saturated heterocycles. The Morgan fingerprint density at radius 3 is 2.31 bits per heavy atom. The van der Waals surface area contributed by atoms with Gasteiger partial charge in [0.2, 0.25) is 6.43 Å². The topological polar surface area (TPSA) is 54.4 Å². The molecule has 0 spiro atoms. The van der Waals surface area contributed by atoms with E-state index in [9.17, 15) is 17.2 Å². The summed E-state index contributed by atoms with van der Waals surface area (Å²) in [5, 5.41) is 8.77. The number of rotatable bonds is 3. The van der Waals surface area contributed by atoms with E-state index in [4.69, 9.17) is 5.11 Å². The molecule has 2 unspecified atom stereocenters. The fraction of sp³-hybridized carbons (Fsp3) is 1.00. The van der Waals surface area contributed by atoms with Crippen molar-refractivity contribution in [2.45, 2.75) is 12.8 Å². The molecule has 1 heterocycles. The number of hydrogen-bond donors (Lipinski definition) is 1. The van der Waals surface area contributed by atoms with E-state index in [2.05, 4.69) is 0 Å².